The minimum absolute atomic E-state index is 0.289. The lowest BCUT2D eigenvalue weighted by molar-refractivity contribution is -0.136. The zero-order chi connectivity index (χ0) is 18.4. The molecule has 25 heavy (non-hydrogen) atoms. The van der Waals surface area contributed by atoms with Crippen LogP contribution in [0, 0.1) is 6.92 Å². The number of methoxy groups -OCH3 is 1. The molecule has 0 radical (unpaired) electrons. The number of anilines is 1. The maximum atomic E-state index is 12.1. The maximum Gasteiger partial charge on any atom is 0.313 e. The molecule has 0 saturated heterocycles. The molecule has 0 aliphatic carbocycles. The topological polar surface area (TPSA) is 80.3 Å². The van der Waals surface area contributed by atoms with Crippen LogP contribution in [0.4, 0.5) is 5.69 Å². The van der Waals surface area contributed by atoms with Gasteiger partial charge in [-0.05, 0) is 24.1 Å². The van der Waals surface area contributed by atoms with Crippen molar-refractivity contribution >= 4 is 17.5 Å². The summed E-state index contributed by atoms with van der Waals surface area (Å²) in [5, 5.41) is 5.21. The SMILES string of the molecule is COc1ccc(NC(=O)C(=O)NCC(C)(C)c2ccccc2C)cn1. The van der Waals surface area contributed by atoms with Crippen LogP contribution < -0.4 is 15.4 Å². The summed E-state index contributed by atoms with van der Waals surface area (Å²) >= 11 is 0. The van der Waals surface area contributed by atoms with Crippen LogP contribution in [-0.4, -0.2) is 30.5 Å². The van der Waals surface area contributed by atoms with Gasteiger partial charge >= 0.3 is 11.8 Å². The van der Waals surface area contributed by atoms with Gasteiger partial charge in [0.15, 0.2) is 0 Å². The Morgan fingerprint density at radius 3 is 2.44 bits per heavy atom. The summed E-state index contributed by atoms with van der Waals surface area (Å²) in [7, 11) is 1.50. The number of benzene rings is 1. The van der Waals surface area contributed by atoms with Gasteiger partial charge in [-0.15, -0.1) is 0 Å². The molecule has 6 heteroatoms. The van der Waals surface area contributed by atoms with Gasteiger partial charge < -0.3 is 15.4 Å². The molecular formula is C19H23N3O3. The van der Waals surface area contributed by atoms with Crippen LogP contribution in [0.5, 0.6) is 5.88 Å². The van der Waals surface area contributed by atoms with E-state index < -0.39 is 11.8 Å². The number of hydrogen-bond donors (Lipinski definition) is 2. The first kappa shape index (κ1) is 18.4. The van der Waals surface area contributed by atoms with Gasteiger partial charge in [0.25, 0.3) is 0 Å². The fourth-order valence-corrected chi connectivity index (χ4v) is 2.57. The van der Waals surface area contributed by atoms with Crippen LogP contribution in [0.2, 0.25) is 0 Å². The molecule has 2 N–H and O–H groups in total. The molecule has 0 unspecified atom stereocenters. The summed E-state index contributed by atoms with van der Waals surface area (Å²) in [5.74, 6) is -0.979. The fraction of sp³-hybridized carbons (Fsp3) is 0.316. The number of pyridine rings is 1. The van der Waals surface area contributed by atoms with Crippen molar-refractivity contribution in [2.24, 2.45) is 0 Å². The second-order valence-electron chi connectivity index (χ2n) is 6.42. The summed E-state index contributed by atoms with van der Waals surface area (Å²) in [6, 6.07) is 11.2. The van der Waals surface area contributed by atoms with Gasteiger partial charge in [0.05, 0.1) is 19.0 Å². The molecule has 2 aromatic rings. The van der Waals surface area contributed by atoms with E-state index in [1.165, 1.54) is 13.3 Å². The van der Waals surface area contributed by atoms with Crippen LogP contribution in [0.3, 0.4) is 0 Å². The maximum absolute atomic E-state index is 12.1. The average Bonchev–Trinajstić information content (AvgIpc) is 2.60. The minimum Gasteiger partial charge on any atom is -0.481 e. The van der Waals surface area contributed by atoms with Gasteiger partial charge in [0.2, 0.25) is 5.88 Å². The van der Waals surface area contributed by atoms with Crippen molar-refractivity contribution in [3.05, 3.63) is 53.7 Å². The Bertz CT molecular complexity index is 755. The number of ether oxygens (including phenoxy) is 1. The second-order valence-corrected chi connectivity index (χ2v) is 6.42. The lowest BCUT2D eigenvalue weighted by Gasteiger charge is -2.27. The third kappa shape index (κ3) is 4.79. The van der Waals surface area contributed by atoms with Crippen molar-refractivity contribution in [1.29, 1.82) is 0 Å². The molecule has 2 rings (SSSR count). The van der Waals surface area contributed by atoms with E-state index in [0.717, 1.165) is 11.1 Å². The number of aryl methyl sites for hydroxylation is 1. The summed E-state index contributed by atoms with van der Waals surface area (Å²) in [4.78, 5) is 28.0. The lowest BCUT2D eigenvalue weighted by atomic mass is 9.82. The predicted molar refractivity (Wildman–Crippen MR) is 96.6 cm³/mol. The zero-order valence-electron chi connectivity index (χ0n) is 14.9. The molecule has 0 spiro atoms. The van der Waals surface area contributed by atoms with Gasteiger partial charge in [0.1, 0.15) is 0 Å². The Balaban J connectivity index is 1.94. The van der Waals surface area contributed by atoms with E-state index in [1.807, 2.05) is 45.0 Å². The highest BCUT2D eigenvalue weighted by Gasteiger charge is 2.24. The number of amides is 2. The fourth-order valence-electron chi connectivity index (χ4n) is 2.57. The standard InChI is InChI=1S/C19H23N3O3/c1-13-7-5-6-8-15(13)19(2,3)12-21-17(23)18(24)22-14-9-10-16(25-4)20-11-14/h5-11H,12H2,1-4H3,(H,21,23)(H,22,24). The average molecular weight is 341 g/mol. The molecule has 0 bridgehead atoms. The summed E-state index contributed by atoms with van der Waals surface area (Å²) < 4.78 is 4.95. The van der Waals surface area contributed by atoms with E-state index in [4.69, 9.17) is 4.74 Å². The molecule has 6 nitrogen and oxygen atoms in total. The number of nitrogens with one attached hydrogen (secondary N) is 2. The van der Waals surface area contributed by atoms with Gasteiger partial charge in [-0.2, -0.15) is 0 Å². The van der Waals surface area contributed by atoms with Crippen molar-refractivity contribution in [2.45, 2.75) is 26.2 Å². The highest BCUT2D eigenvalue weighted by atomic mass is 16.5. The highest BCUT2D eigenvalue weighted by Crippen LogP contribution is 2.25. The zero-order valence-corrected chi connectivity index (χ0v) is 14.9. The Labute approximate surface area is 147 Å². The molecule has 2 amide bonds. The highest BCUT2D eigenvalue weighted by molar-refractivity contribution is 6.39. The number of carbonyl (C=O) groups is 2. The van der Waals surface area contributed by atoms with Crippen LogP contribution in [-0.2, 0) is 15.0 Å². The first-order chi connectivity index (χ1) is 11.8. The number of aromatic nitrogens is 1. The molecule has 0 atom stereocenters. The Morgan fingerprint density at radius 2 is 1.84 bits per heavy atom. The normalized spacial score (nSPS) is 10.9. The second kappa shape index (κ2) is 7.79. The molecule has 1 aromatic heterocycles. The van der Waals surface area contributed by atoms with Crippen LogP contribution in [0.25, 0.3) is 0 Å². The largest absolute Gasteiger partial charge is 0.481 e. The number of rotatable bonds is 5. The molecule has 0 aliphatic heterocycles. The molecule has 0 saturated carbocycles. The molecule has 0 fully saturated rings. The monoisotopic (exact) mass is 341 g/mol. The minimum atomic E-state index is -0.729. The van der Waals surface area contributed by atoms with Gasteiger partial charge in [0, 0.05) is 18.0 Å². The smallest absolute Gasteiger partial charge is 0.313 e. The van der Waals surface area contributed by atoms with Gasteiger partial charge in [-0.3, -0.25) is 9.59 Å². The van der Waals surface area contributed by atoms with E-state index in [0.29, 0.717) is 18.1 Å². The summed E-state index contributed by atoms with van der Waals surface area (Å²) in [6.07, 6.45) is 1.43. The van der Waals surface area contributed by atoms with Crippen LogP contribution in [0.1, 0.15) is 25.0 Å². The molecule has 132 valence electrons. The molecule has 1 aromatic carbocycles. The first-order valence-electron chi connectivity index (χ1n) is 7.99. The third-order valence-corrected chi connectivity index (χ3v) is 3.97. The van der Waals surface area contributed by atoms with E-state index >= 15 is 0 Å². The van der Waals surface area contributed by atoms with Gasteiger partial charge in [-0.25, -0.2) is 4.98 Å². The van der Waals surface area contributed by atoms with E-state index in [9.17, 15) is 9.59 Å². The van der Waals surface area contributed by atoms with Crippen LogP contribution in [0.15, 0.2) is 42.6 Å². The Hall–Kier alpha value is -2.89. The van der Waals surface area contributed by atoms with Crippen molar-refractivity contribution < 1.29 is 14.3 Å². The van der Waals surface area contributed by atoms with Crippen molar-refractivity contribution in [2.75, 3.05) is 19.0 Å². The quantitative estimate of drug-likeness (QED) is 0.819. The number of hydrogen-bond acceptors (Lipinski definition) is 4. The summed E-state index contributed by atoms with van der Waals surface area (Å²) in [6.45, 7) is 6.44. The van der Waals surface area contributed by atoms with E-state index in [2.05, 4.69) is 15.6 Å². The third-order valence-electron chi connectivity index (χ3n) is 3.97. The molecule has 0 aliphatic rings. The van der Waals surface area contributed by atoms with Crippen molar-refractivity contribution in [1.82, 2.24) is 10.3 Å². The van der Waals surface area contributed by atoms with E-state index in [-0.39, 0.29) is 5.41 Å². The van der Waals surface area contributed by atoms with Crippen molar-refractivity contribution in [3.8, 4) is 5.88 Å². The molecule has 1 heterocycles. The first-order valence-corrected chi connectivity index (χ1v) is 7.99. The van der Waals surface area contributed by atoms with E-state index in [1.54, 1.807) is 12.1 Å². The van der Waals surface area contributed by atoms with Crippen molar-refractivity contribution in [3.63, 3.8) is 0 Å². The van der Waals surface area contributed by atoms with Crippen LogP contribution >= 0.6 is 0 Å². The number of carbonyl (C=O) groups excluding carboxylic acids is 2. The molecular weight excluding hydrogens is 318 g/mol. The lowest BCUT2D eigenvalue weighted by Crippen LogP contribution is -2.42. The Morgan fingerprint density at radius 1 is 1.12 bits per heavy atom. The number of nitrogens with zero attached hydrogens (tertiary/aromatic N) is 1. The van der Waals surface area contributed by atoms with Gasteiger partial charge in [-0.1, -0.05) is 38.1 Å². The summed E-state index contributed by atoms with van der Waals surface area (Å²) in [5.41, 5.74) is 2.42. The Kier molecular flexibility index (Phi) is 5.75. The predicted octanol–water partition coefficient (Wildman–Crippen LogP) is 2.43.